The Kier molecular flexibility index (Phi) is 5.96. The fraction of sp³-hybridized carbons (Fsp3) is 0.176. The molecule has 0 unspecified atom stereocenters. The SMILES string of the molecule is Cc1ccc(C)c(CC(=O)N/N=C/c2cc(Br)c(O)c(Br)c2)c1. The number of hydrogen-bond acceptors (Lipinski definition) is 3. The molecule has 0 atom stereocenters. The number of hydrogen-bond donors (Lipinski definition) is 2. The van der Waals surface area contributed by atoms with Gasteiger partial charge in [0, 0.05) is 0 Å². The van der Waals surface area contributed by atoms with Gasteiger partial charge in [-0.3, -0.25) is 4.79 Å². The summed E-state index contributed by atoms with van der Waals surface area (Å²) in [5.41, 5.74) is 6.46. The van der Waals surface area contributed by atoms with Crippen molar-refractivity contribution in [1.82, 2.24) is 5.43 Å². The van der Waals surface area contributed by atoms with Crippen LogP contribution in [0.25, 0.3) is 0 Å². The lowest BCUT2D eigenvalue weighted by molar-refractivity contribution is -0.120. The Morgan fingerprint density at radius 1 is 1.22 bits per heavy atom. The zero-order valence-corrected chi connectivity index (χ0v) is 15.9. The van der Waals surface area contributed by atoms with E-state index in [0.717, 1.165) is 22.3 Å². The summed E-state index contributed by atoms with van der Waals surface area (Å²) < 4.78 is 1.10. The number of amides is 1. The molecule has 0 aliphatic carbocycles. The molecular formula is C17H16Br2N2O2. The third-order valence-electron chi connectivity index (χ3n) is 3.30. The molecule has 4 nitrogen and oxygen atoms in total. The summed E-state index contributed by atoms with van der Waals surface area (Å²) in [5.74, 6) is -0.0482. The number of carbonyl (C=O) groups is 1. The predicted molar refractivity (Wildman–Crippen MR) is 98.9 cm³/mol. The second-order valence-electron chi connectivity index (χ2n) is 5.23. The van der Waals surface area contributed by atoms with Gasteiger partial charge in [-0.05, 0) is 74.5 Å². The van der Waals surface area contributed by atoms with E-state index >= 15 is 0 Å². The third-order valence-corrected chi connectivity index (χ3v) is 4.51. The molecule has 2 rings (SSSR count). The van der Waals surface area contributed by atoms with Gasteiger partial charge >= 0.3 is 0 Å². The highest BCUT2D eigenvalue weighted by Crippen LogP contribution is 2.32. The van der Waals surface area contributed by atoms with Gasteiger partial charge in [-0.25, -0.2) is 5.43 Å². The molecule has 2 N–H and O–H groups in total. The predicted octanol–water partition coefficient (Wildman–Crippen LogP) is 4.23. The number of aryl methyl sites for hydroxylation is 2. The molecule has 120 valence electrons. The second kappa shape index (κ2) is 7.75. The Bertz CT molecular complexity index is 750. The number of halogens is 2. The van der Waals surface area contributed by atoms with Crippen molar-refractivity contribution in [2.24, 2.45) is 5.10 Å². The minimum absolute atomic E-state index is 0.126. The lowest BCUT2D eigenvalue weighted by Gasteiger charge is -2.06. The van der Waals surface area contributed by atoms with E-state index in [4.69, 9.17) is 0 Å². The van der Waals surface area contributed by atoms with Gasteiger partial charge in [-0.15, -0.1) is 0 Å². The minimum atomic E-state index is -0.174. The zero-order valence-electron chi connectivity index (χ0n) is 12.7. The highest BCUT2D eigenvalue weighted by molar-refractivity contribution is 9.11. The number of nitrogens with one attached hydrogen (secondary N) is 1. The Balaban J connectivity index is 2.00. The number of hydrazone groups is 1. The van der Waals surface area contributed by atoms with Crippen molar-refractivity contribution in [2.75, 3.05) is 0 Å². The molecule has 0 aromatic heterocycles. The molecule has 0 saturated carbocycles. The molecule has 1 amide bonds. The first-order valence-corrected chi connectivity index (χ1v) is 8.51. The van der Waals surface area contributed by atoms with E-state index in [1.54, 1.807) is 12.1 Å². The van der Waals surface area contributed by atoms with Gasteiger partial charge in [0.15, 0.2) is 0 Å². The van der Waals surface area contributed by atoms with Gasteiger partial charge in [0.1, 0.15) is 5.75 Å². The molecule has 0 heterocycles. The quantitative estimate of drug-likeness (QED) is 0.553. The molecule has 0 spiro atoms. The number of rotatable bonds is 4. The topological polar surface area (TPSA) is 61.7 Å². The van der Waals surface area contributed by atoms with Gasteiger partial charge in [0.25, 0.3) is 0 Å². The van der Waals surface area contributed by atoms with E-state index in [9.17, 15) is 9.90 Å². The van der Waals surface area contributed by atoms with E-state index in [2.05, 4.69) is 42.4 Å². The fourth-order valence-electron chi connectivity index (χ4n) is 2.04. The molecule has 0 aliphatic rings. The molecule has 2 aromatic rings. The number of nitrogens with zero attached hydrogens (tertiary/aromatic N) is 1. The molecule has 0 fully saturated rings. The first-order valence-electron chi connectivity index (χ1n) is 6.93. The van der Waals surface area contributed by atoms with Crippen molar-refractivity contribution in [3.63, 3.8) is 0 Å². The number of benzene rings is 2. The van der Waals surface area contributed by atoms with Crippen molar-refractivity contribution in [2.45, 2.75) is 20.3 Å². The van der Waals surface area contributed by atoms with Gasteiger partial charge in [-0.2, -0.15) is 5.10 Å². The summed E-state index contributed by atoms with van der Waals surface area (Å²) in [6, 6.07) is 9.45. The Morgan fingerprint density at radius 3 is 2.52 bits per heavy atom. The van der Waals surface area contributed by atoms with Gasteiger partial charge in [0.05, 0.1) is 21.6 Å². The maximum atomic E-state index is 12.0. The van der Waals surface area contributed by atoms with Gasteiger partial charge in [0.2, 0.25) is 5.91 Å². The summed E-state index contributed by atoms with van der Waals surface area (Å²) in [7, 11) is 0. The third kappa shape index (κ3) is 4.91. The summed E-state index contributed by atoms with van der Waals surface area (Å²) >= 11 is 6.50. The van der Waals surface area contributed by atoms with Crippen molar-refractivity contribution in [3.8, 4) is 5.75 Å². The van der Waals surface area contributed by atoms with Crippen molar-refractivity contribution >= 4 is 44.0 Å². The molecule has 0 bridgehead atoms. The molecule has 6 heteroatoms. The van der Waals surface area contributed by atoms with Crippen LogP contribution in [0, 0.1) is 13.8 Å². The van der Waals surface area contributed by atoms with Crippen molar-refractivity contribution in [1.29, 1.82) is 0 Å². The molecule has 0 radical (unpaired) electrons. The number of phenols is 1. The normalized spacial score (nSPS) is 11.0. The Hall–Kier alpha value is -1.66. The maximum Gasteiger partial charge on any atom is 0.244 e. The fourth-order valence-corrected chi connectivity index (χ4v) is 3.26. The first kappa shape index (κ1) is 17.7. The highest BCUT2D eigenvalue weighted by Gasteiger charge is 2.06. The molecule has 2 aromatic carbocycles. The monoisotopic (exact) mass is 438 g/mol. The summed E-state index contributed by atoms with van der Waals surface area (Å²) in [4.78, 5) is 12.0. The van der Waals surface area contributed by atoms with Crippen LogP contribution in [-0.2, 0) is 11.2 Å². The van der Waals surface area contributed by atoms with E-state index < -0.39 is 0 Å². The summed E-state index contributed by atoms with van der Waals surface area (Å²) in [5, 5.41) is 13.6. The van der Waals surface area contributed by atoms with Crippen LogP contribution in [0.5, 0.6) is 5.75 Å². The smallest absolute Gasteiger partial charge is 0.244 e. The van der Waals surface area contributed by atoms with E-state index in [1.165, 1.54) is 6.21 Å². The van der Waals surface area contributed by atoms with Crippen LogP contribution in [0.3, 0.4) is 0 Å². The van der Waals surface area contributed by atoms with Gasteiger partial charge in [-0.1, -0.05) is 23.8 Å². The van der Waals surface area contributed by atoms with E-state index in [1.807, 2.05) is 32.0 Å². The second-order valence-corrected chi connectivity index (χ2v) is 6.94. The Labute approximate surface area is 151 Å². The number of phenolic OH excluding ortho intramolecular Hbond substituents is 1. The van der Waals surface area contributed by atoms with Crippen LogP contribution < -0.4 is 5.43 Å². The lowest BCUT2D eigenvalue weighted by atomic mass is 10.0. The van der Waals surface area contributed by atoms with E-state index in [-0.39, 0.29) is 18.1 Å². The average molecular weight is 440 g/mol. The number of aromatic hydroxyl groups is 1. The van der Waals surface area contributed by atoms with Crippen molar-refractivity contribution < 1.29 is 9.90 Å². The summed E-state index contributed by atoms with van der Waals surface area (Å²) in [6.07, 6.45) is 1.81. The van der Waals surface area contributed by atoms with E-state index in [0.29, 0.717) is 8.95 Å². The largest absolute Gasteiger partial charge is 0.506 e. The summed E-state index contributed by atoms with van der Waals surface area (Å²) in [6.45, 7) is 3.98. The first-order chi connectivity index (χ1) is 10.9. The van der Waals surface area contributed by atoms with Crippen LogP contribution in [0.15, 0.2) is 44.4 Å². The molecule has 0 saturated heterocycles. The lowest BCUT2D eigenvalue weighted by Crippen LogP contribution is -2.20. The van der Waals surface area contributed by atoms with Crippen LogP contribution in [0.4, 0.5) is 0 Å². The standard InChI is InChI=1S/C17H16Br2N2O2/c1-10-3-4-11(2)13(5-10)8-16(22)21-20-9-12-6-14(18)17(23)15(19)7-12/h3-7,9,23H,8H2,1-2H3,(H,21,22)/b20-9+. The van der Waals surface area contributed by atoms with Crippen LogP contribution in [0.2, 0.25) is 0 Å². The molecule has 23 heavy (non-hydrogen) atoms. The van der Waals surface area contributed by atoms with Crippen LogP contribution in [0.1, 0.15) is 22.3 Å². The highest BCUT2D eigenvalue weighted by atomic mass is 79.9. The van der Waals surface area contributed by atoms with Gasteiger partial charge < -0.3 is 5.11 Å². The van der Waals surface area contributed by atoms with Crippen molar-refractivity contribution in [3.05, 3.63) is 61.5 Å². The average Bonchev–Trinajstić information content (AvgIpc) is 2.48. The minimum Gasteiger partial charge on any atom is -0.506 e. The molecule has 0 aliphatic heterocycles. The van der Waals surface area contributed by atoms with Crippen LogP contribution in [-0.4, -0.2) is 17.2 Å². The molecular weight excluding hydrogens is 424 g/mol. The maximum absolute atomic E-state index is 12.0. The van der Waals surface area contributed by atoms with Crippen LogP contribution >= 0.6 is 31.9 Å². The zero-order chi connectivity index (χ0) is 17.0. The Morgan fingerprint density at radius 2 is 1.87 bits per heavy atom. The number of carbonyl (C=O) groups excluding carboxylic acids is 1.